The summed E-state index contributed by atoms with van der Waals surface area (Å²) in [7, 11) is 0. The Hall–Kier alpha value is -0.0471. The monoisotopic (exact) mass is 243 g/mol. The van der Waals surface area contributed by atoms with E-state index in [0.717, 1.165) is 0 Å². The van der Waals surface area contributed by atoms with Crippen molar-refractivity contribution in [2.45, 2.75) is 48.8 Å². The second-order valence-corrected chi connectivity index (χ2v) is 17.2. The number of allylic oxidation sites excluding steroid dienone is 2. The summed E-state index contributed by atoms with van der Waals surface area (Å²) in [6.07, 6.45) is 6.27. The van der Waals surface area contributed by atoms with Crippen molar-refractivity contribution in [3.05, 3.63) is 12.2 Å². The molecule has 0 saturated heterocycles. The van der Waals surface area contributed by atoms with Crippen LogP contribution in [0.5, 0.6) is 0 Å². The van der Waals surface area contributed by atoms with Crippen molar-refractivity contribution in [1.82, 2.24) is 0 Å². The third-order valence-corrected chi connectivity index (χ3v) is 4.48. The summed E-state index contributed by atoms with van der Waals surface area (Å²) in [5.41, 5.74) is 0.0630. The van der Waals surface area contributed by atoms with Crippen LogP contribution in [0, 0.1) is 0 Å². The van der Waals surface area contributed by atoms with Gasteiger partial charge in [0, 0.05) is 0 Å². The first-order valence-electron chi connectivity index (χ1n) is 4.91. The van der Waals surface area contributed by atoms with Gasteiger partial charge in [0.2, 0.25) is 0 Å². The van der Waals surface area contributed by atoms with E-state index < -0.39 is 13.3 Å². The molecule has 0 aliphatic heterocycles. The van der Waals surface area contributed by atoms with Crippen LogP contribution >= 0.6 is 0 Å². The second-order valence-electron chi connectivity index (χ2n) is 5.64. The summed E-state index contributed by atoms with van der Waals surface area (Å²) in [5, 5.41) is 1.29. The van der Waals surface area contributed by atoms with Crippen molar-refractivity contribution in [1.29, 1.82) is 0 Å². The van der Waals surface area contributed by atoms with Gasteiger partial charge in [-0.25, -0.2) is 0 Å². The van der Waals surface area contributed by atoms with Crippen molar-refractivity contribution in [3.8, 4) is 0 Å². The standard InChI is InChI=1S/C11H23GeN/c1-11(2,3)13-10-8-7-9-12(4,5)6/h7-8,10H,9H2,1-6H3/b8-7+,13-10?. The molecule has 0 atom stereocenters. The van der Waals surface area contributed by atoms with E-state index in [1.54, 1.807) is 0 Å². The average Bonchev–Trinajstić information content (AvgIpc) is 1.81. The molecular formula is C11H23GeN. The Balaban J connectivity index is 3.84. The number of hydrogen-bond acceptors (Lipinski definition) is 1. The Labute approximate surface area is 85.7 Å². The fourth-order valence-corrected chi connectivity index (χ4v) is 2.52. The normalized spacial score (nSPS) is 14.6. The fraction of sp³-hybridized carbons (Fsp3) is 0.727. The summed E-state index contributed by atoms with van der Waals surface area (Å²) in [5.74, 6) is 7.27. The first-order chi connectivity index (χ1) is 5.71. The quantitative estimate of drug-likeness (QED) is 0.527. The van der Waals surface area contributed by atoms with Crippen LogP contribution in [0.1, 0.15) is 20.8 Å². The van der Waals surface area contributed by atoms with Gasteiger partial charge in [0.15, 0.2) is 0 Å². The molecule has 13 heavy (non-hydrogen) atoms. The molecule has 0 aliphatic rings. The van der Waals surface area contributed by atoms with Gasteiger partial charge < -0.3 is 0 Å². The maximum absolute atomic E-state index is 4.39. The summed E-state index contributed by atoms with van der Waals surface area (Å²) >= 11 is -1.35. The first-order valence-corrected chi connectivity index (χ1v) is 12.7. The van der Waals surface area contributed by atoms with Crippen LogP contribution in [0.2, 0.25) is 22.5 Å². The van der Waals surface area contributed by atoms with E-state index in [0.29, 0.717) is 0 Å². The molecule has 0 radical (unpaired) electrons. The Bertz CT molecular complexity index is 191. The third kappa shape index (κ3) is 12.0. The Kier molecular flexibility index (Phi) is 4.97. The number of nitrogens with zero attached hydrogens (tertiary/aromatic N) is 1. The molecule has 1 nitrogen and oxygen atoms in total. The van der Waals surface area contributed by atoms with Crippen LogP contribution in [-0.4, -0.2) is 25.0 Å². The van der Waals surface area contributed by atoms with E-state index in [2.05, 4.69) is 55.2 Å². The van der Waals surface area contributed by atoms with Gasteiger partial charge in [-0.1, -0.05) is 0 Å². The Morgan fingerprint density at radius 1 is 1.15 bits per heavy atom. The van der Waals surface area contributed by atoms with Gasteiger partial charge >= 0.3 is 85.5 Å². The molecule has 0 unspecified atom stereocenters. The van der Waals surface area contributed by atoms with Crippen LogP contribution in [0.3, 0.4) is 0 Å². The van der Waals surface area contributed by atoms with E-state index in [1.807, 2.05) is 6.21 Å². The number of aliphatic imine (C=N–C) groups is 1. The van der Waals surface area contributed by atoms with E-state index in [1.165, 1.54) is 5.25 Å². The van der Waals surface area contributed by atoms with Gasteiger partial charge in [-0.05, 0) is 0 Å². The molecule has 0 saturated carbocycles. The topological polar surface area (TPSA) is 12.4 Å². The zero-order valence-electron chi connectivity index (χ0n) is 9.89. The molecule has 0 spiro atoms. The zero-order chi connectivity index (χ0) is 10.5. The van der Waals surface area contributed by atoms with Gasteiger partial charge in [-0.3, -0.25) is 0 Å². The first kappa shape index (κ1) is 13.0. The van der Waals surface area contributed by atoms with E-state index in [9.17, 15) is 0 Å². The van der Waals surface area contributed by atoms with Crippen LogP contribution in [-0.2, 0) is 0 Å². The van der Waals surface area contributed by atoms with E-state index >= 15 is 0 Å². The molecule has 0 heterocycles. The average molecular weight is 242 g/mol. The minimum absolute atomic E-state index is 0.0630. The number of hydrogen-bond donors (Lipinski definition) is 0. The molecule has 0 N–H and O–H groups in total. The summed E-state index contributed by atoms with van der Waals surface area (Å²) in [6, 6.07) is 0. The minimum atomic E-state index is -1.35. The predicted octanol–water partition coefficient (Wildman–Crippen LogP) is 3.75. The second kappa shape index (κ2) is 4.99. The van der Waals surface area contributed by atoms with Crippen molar-refractivity contribution < 1.29 is 0 Å². The molecule has 0 aliphatic carbocycles. The molecule has 2 heteroatoms. The molecule has 0 aromatic heterocycles. The molecule has 0 amide bonds. The van der Waals surface area contributed by atoms with Gasteiger partial charge in [0.1, 0.15) is 0 Å². The van der Waals surface area contributed by atoms with Crippen molar-refractivity contribution in [2.24, 2.45) is 4.99 Å². The fourth-order valence-electron chi connectivity index (χ4n) is 0.749. The number of rotatable bonds is 3. The van der Waals surface area contributed by atoms with Gasteiger partial charge in [0.25, 0.3) is 0 Å². The molecule has 0 aromatic carbocycles. The van der Waals surface area contributed by atoms with Crippen LogP contribution in [0.4, 0.5) is 0 Å². The maximum atomic E-state index is 4.39. The summed E-state index contributed by atoms with van der Waals surface area (Å²) in [4.78, 5) is 4.39. The Morgan fingerprint density at radius 3 is 2.08 bits per heavy atom. The van der Waals surface area contributed by atoms with Crippen molar-refractivity contribution >= 4 is 19.5 Å². The van der Waals surface area contributed by atoms with Gasteiger partial charge in [-0.2, -0.15) is 0 Å². The summed E-state index contributed by atoms with van der Waals surface area (Å²) < 4.78 is 0. The zero-order valence-corrected chi connectivity index (χ0v) is 12.0. The van der Waals surface area contributed by atoms with Crippen LogP contribution in [0.25, 0.3) is 0 Å². The predicted molar refractivity (Wildman–Crippen MR) is 65.5 cm³/mol. The van der Waals surface area contributed by atoms with E-state index in [4.69, 9.17) is 0 Å². The van der Waals surface area contributed by atoms with E-state index in [-0.39, 0.29) is 5.54 Å². The molecule has 0 aromatic rings. The van der Waals surface area contributed by atoms with Gasteiger partial charge in [0.05, 0.1) is 0 Å². The van der Waals surface area contributed by atoms with Crippen LogP contribution < -0.4 is 0 Å². The molecule has 0 fully saturated rings. The van der Waals surface area contributed by atoms with Crippen molar-refractivity contribution in [2.75, 3.05) is 0 Å². The Morgan fingerprint density at radius 2 is 1.69 bits per heavy atom. The van der Waals surface area contributed by atoms with Gasteiger partial charge in [-0.15, -0.1) is 0 Å². The molecule has 0 bridgehead atoms. The van der Waals surface area contributed by atoms with Crippen molar-refractivity contribution in [3.63, 3.8) is 0 Å². The molecule has 0 rings (SSSR count). The summed E-state index contributed by atoms with van der Waals surface area (Å²) in [6.45, 7) is 6.33. The molecular weight excluding hydrogens is 219 g/mol. The van der Waals surface area contributed by atoms with Crippen LogP contribution in [0.15, 0.2) is 17.1 Å². The molecule has 76 valence electrons. The SMILES string of the molecule is CC(C)(C)N=C/C=C/[CH2][Ge]([CH3])([CH3])[CH3]. The third-order valence-electron chi connectivity index (χ3n) is 1.41.